The lowest BCUT2D eigenvalue weighted by molar-refractivity contribution is -0.150. The van der Waals surface area contributed by atoms with Crippen molar-refractivity contribution >= 4 is 23.9 Å². The Morgan fingerprint density at radius 3 is 1.46 bits per heavy atom. The number of amides is 6. The van der Waals surface area contributed by atoms with Crippen LogP contribution < -0.4 is 30.7 Å². The minimum atomic E-state index is -3.30. The van der Waals surface area contributed by atoms with Gasteiger partial charge in [0.2, 0.25) is 11.8 Å². The van der Waals surface area contributed by atoms with Gasteiger partial charge in [-0.15, -0.1) is 0 Å². The molecule has 2 aliphatic rings. The molecule has 0 radical (unpaired) electrons. The lowest BCUT2D eigenvalue weighted by atomic mass is 9.65. The number of carbonyl (C=O) groups excluding carboxylic acids is 4. The highest BCUT2D eigenvalue weighted by molar-refractivity contribution is 6.21. The third-order valence-corrected chi connectivity index (χ3v) is 5.56. The highest BCUT2D eigenvalue weighted by Gasteiger charge is 2.65. The van der Waals surface area contributed by atoms with Crippen molar-refractivity contribution in [3.8, 4) is 11.5 Å². The summed E-state index contributed by atoms with van der Waals surface area (Å²) in [7, 11) is 0. The Balaban J connectivity index is 1.97. The molecule has 4 N–H and O–H groups in total. The van der Waals surface area contributed by atoms with E-state index in [-0.39, 0.29) is 11.1 Å². The number of hydrogen-bond acceptors (Lipinski definition) is 6. The van der Waals surface area contributed by atoms with E-state index in [0.717, 1.165) is 12.1 Å². The maximum atomic E-state index is 13.4. The zero-order chi connectivity index (χ0) is 25.3. The Hall–Kier alpha value is -4.36. The molecule has 1 spiro atoms. The van der Waals surface area contributed by atoms with Crippen LogP contribution in [0.25, 0.3) is 0 Å². The number of benzene rings is 2. The van der Waals surface area contributed by atoms with Gasteiger partial charge in [0.1, 0.15) is 11.5 Å². The van der Waals surface area contributed by atoms with E-state index >= 15 is 0 Å². The first-order chi connectivity index (χ1) is 16.6. The summed E-state index contributed by atoms with van der Waals surface area (Å²) in [5.74, 6) is -3.40. The van der Waals surface area contributed by atoms with E-state index in [0.29, 0.717) is 0 Å². The topological polar surface area (TPSA) is 135 Å². The van der Waals surface area contributed by atoms with E-state index in [9.17, 15) is 36.7 Å². The van der Waals surface area contributed by atoms with E-state index in [4.69, 9.17) is 0 Å². The molecule has 35 heavy (non-hydrogen) atoms. The Bertz CT molecular complexity index is 1110. The molecule has 2 aliphatic heterocycles. The second-order valence-electron chi connectivity index (χ2n) is 7.42. The number of urea groups is 2. The van der Waals surface area contributed by atoms with Gasteiger partial charge < -0.3 is 20.1 Å². The summed E-state index contributed by atoms with van der Waals surface area (Å²) in [4.78, 5) is 51.3. The maximum absolute atomic E-state index is 13.4. The van der Waals surface area contributed by atoms with Crippen LogP contribution in [-0.4, -0.2) is 37.1 Å². The zero-order valence-electron chi connectivity index (χ0n) is 17.4. The summed E-state index contributed by atoms with van der Waals surface area (Å²) in [6, 6.07) is 4.60. The van der Waals surface area contributed by atoms with Gasteiger partial charge in [0.05, 0.1) is 12.1 Å². The highest BCUT2D eigenvalue weighted by Crippen LogP contribution is 2.51. The lowest BCUT2D eigenvalue weighted by Gasteiger charge is -2.48. The SMILES string of the molecule is O=C1NC(=O)C2(C(=O)N1)[C@@H](c1ccccc1OC(F)F)NC(=O)N[C@@H]2c1ccccc1OC(F)F. The number of imide groups is 2. The molecule has 0 saturated carbocycles. The summed E-state index contributed by atoms with van der Waals surface area (Å²) < 4.78 is 61.4. The molecule has 2 aromatic carbocycles. The molecule has 0 unspecified atom stereocenters. The van der Waals surface area contributed by atoms with Crippen LogP contribution >= 0.6 is 0 Å². The molecule has 10 nitrogen and oxygen atoms in total. The number of nitrogens with one attached hydrogen (secondary N) is 4. The molecular weight excluding hydrogens is 480 g/mol. The third kappa shape index (κ3) is 4.18. The first-order valence-corrected chi connectivity index (χ1v) is 9.96. The number of carbonyl (C=O) groups is 4. The van der Waals surface area contributed by atoms with Gasteiger partial charge in [-0.2, -0.15) is 17.6 Å². The van der Waals surface area contributed by atoms with Gasteiger partial charge in [0.15, 0.2) is 5.41 Å². The van der Waals surface area contributed by atoms with Crippen LogP contribution in [0.2, 0.25) is 0 Å². The van der Waals surface area contributed by atoms with Crippen molar-refractivity contribution in [2.24, 2.45) is 5.41 Å². The van der Waals surface area contributed by atoms with Gasteiger partial charge in [-0.3, -0.25) is 20.2 Å². The molecule has 0 aliphatic carbocycles. The van der Waals surface area contributed by atoms with Gasteiger partial charge in [-0.25, -0.2) is 9.59 Å². The average molecular weight is 496 g/mol. The normalized spacial score (nSPS) is 21.3. The van der Waals surface area contributed by atoms with Crippen LogP contribution in [-0.2, 0) is 9.59 Å². The lowest BCUT2D eigenvalue weighted by Crippen LogP contribution is -2.73. The summed E-state index contributed by atoms with van der Waals surface area (Å²) in [5.41, 5.74) is -2.90. The molecule has 2 saturated heterocycles. The van der Waals surface area contributed by atoms with Crippen LogP contribution in [0.15, 0.2) is 48.5 Å². The number of alkyl halides is 4. The Morgan fingerprint density at radius 2 is 1.06 bits per heavy atom. The fourth-order valence-electron chi connectivity index (χ4n) is 4.26. The van der Waals surface area contributed by atoms with Crippen molar-refractivity contribution in [2.45, 2.75) is 25.3 Å². The minimum Gasteiger partial charge on any atom is -0.434 e. The standard InChI is InChI=1S/C21H16F4N4O6/c22-17(23)34-11-7-3-1-5-9(11)13-21(15(30)28-20(33)29-16(21)31)14(27-19(32)26-13)10-6-2-4-8-12(10)35-18(24)25/h1-8,13-14,17-18H,(H2,26,27,32)(H2,28,29,30,31,33)/t13-,14-/m1/s1. The van der Waals surface area contributed by atoms with Crippen LogP contribution in [0.4, 0.5) is 27.2 Å². The van der Waals surface area contributed by atoms with Crippen LogP contribution in [0.5, 0.6) is 11.5 Å². The highest BCUT2D eigenvalue weighted by atomic mass is 19.3. The molecule has 184 valence electrons. The quantitative estimate of drug-likeness (QED) is 0.358. The first-order valence-electron chi connectivity index (χ1n) is 9.96. The monoisotopic (exact) mass is 496 g/mol. The fraction of sp³-hybridized carbons (Fsp3) is 0.238. The van der Waals surface area contributed by atoms with Crippen molar-refractivity contribution < 1.29 is 46.2 Å². The summed E-state index contributed by atoms with van der Waals surface area (Å²) in [5, 5.41) is 8.54. The van der Waals surface area contributed by atoms with Crippen molar-refractivity contribution in [2.75, 3.05) is 0 Å². The summed E-state index contributed by atoms with van der Waals surface area (Å²) in [6.45, 7) is -6.59. The molecule has 0 bridgehead atoms. The van der Waals surface area contributed by atoms with Gasteiger partial charge in [-0.05, 0) is 12.1 Å². The van der Waals surface area contributed by atoms with E-state index in [1.54, 1.807) is 0 Å². The summed E-state index contributed by atoms with van der Waals surface area (Å²) >= 11 is 0. The second-order valence-corrected chi connectivity index (χ2v) is 7.42. The smallest absolute Gasteiger partial charge is 0.387 e. The van der Waals surface area contributed by atoms with E-state index in [1.165, 1.54) is 36.4 Å². The second kappa shape index (κ2) is 9.12. The largest absolute Gasteiger partial charge is 0.434 e. The van der Waals surface area contributed by atoms with Crippen molar-refractivity contribution in [1.82, 2.24) is 21.3 Å². The molecule has 2 heterocycles. The zero-order valence-corrected chi connectivity index (χ0v) is 17.4. The van der Waals surface area contributed by atoms with Gasteiger partial charge >= 0.3 is 25.3 Å². The predicted octanol–water partition coefficient (Wildman–Crippen LogP) is 2.34. The predicted molar refractivity (Wildman–Crippen MR) is 107 cm³/mol. The van der Waals surface area contributed by atoms with E-state index in [1.807, 2.05) is 10.6 Å². The van der Waals surface area contributed by atoms with Crippen LogP contribution in [0.3, 0.4) is 0 Å². The van der Waals surface area contributed by atoms with Crippen LogP contribution in [0.1, 0.15) is 23.2 Å². The number of ether oxygens (including phenoxy) is 2. The minimum absolute atomic E-state index is 0.209. The molecule has 2 fully saturated rings. The Labute approximate surface area is 193 Å². The molecule has 4 rings (SSSR count). The molecule has 2 aromatic rings. The molecule has 14 heteroatoms. The number of halogens is 4. The van der Waals surface area contributed by atoms with Crippen molar-refractivity contribution in [3.63, 3.8) is 0 Å². The average Bonchev–Trinajstić information content (AvgIpc) is 2.77. The first kappa shape index (κ1) is 23.8. The molecule has 6 amide bonds. The van der Waals surface area contributed by atoms with Crippen molar-refractivity contribution in [1.29, 1.82) is 0 Å². The number of hydrogen-bond donors (Lipinski definition) is 4. The van der Waals surface area contributed by atoms with Gasteiger partial charge in [0, 0.05) is 11.1 Å². The van der Waals surface area contributed by atoms with Gasteiger partial charge in [0.25, 0.3) is 0 Å². The van der Waals surface area contributed by atoms with Crippen LogP contribution in [0, 0.1) is 5.41 Å². The maximum Gasteiger partial charge on any atom is 0.387 e. The Morgan fingerprint density at radius 1 is 0.657 bits per heavy atom. The fourth-order valence-corrected chi connectivity index (χ4v) is 4.26. The number of para-hydroxylation sites is 2. The number of rotatable bonds is 6. The Kier molecular flexibility index (Phi) is 6.20. The van der Waals surface area contributed by atoms with Crippen molar-refractivity contribution in [3.05, 3.63) is 59.7 Å². The third-order valence-electron chi connectivity index (χ3n) is 5.56. The molecule has 2 atom stereocenters. The number of barbiturate groups is 1. The van der Waals surface area contributed by atoms with E-state index in [2.05, 4.69) is 20.1 Å². The molecular formula is C21H16F4N4O6. The molecule has 0 aromatic heterocycles. The van der Waals surface area contributed by atoms with Gasteiger partial charge in [-0.1, -0.05) is 36.4 Å². The van der Waals surface area contributed by atoms with E-state index < -0.39 is 66.1 Å². The summed E-state index contributed by atoms with van der Waals surface area (Å²) in [6.07, 6.45) is 0.